The van der Waals surface area contributed by atoms with E-state index in [1.807, 2.05) is 19.1 Å². The predicted molar refractivity (Wildman–Crippen MR) is 176 cm³/mol. The highest BCUT2D eigenvalue weighted by Gasteiger charge is 2.53. The normalized spacial score (nSPS) is 19.9. The average molecular weight is 711 g/mol. The molecule has 1 saturated heterocycles. The lowest BCUT2D eigenvalue weighted by Gasteiger charge is -2.43. The molecule has 51 heavy (non-hydrogen) atoms. The van der Waals surface area contributed by atoms with Crippen LogP contribution in [0, 0.1) is 0 Å². The van der Waals surface area contributed by atoms with Crippen molar-refractivity contribution in [2.75, 3.05) is 13.2 Å². The first kappa shape index (κ1) is 38.1. The highest BCUT2D eigenvalue weighted by molar-refractivity contribution is 5.93. The smallest absolute Gasteiger partial charge is 0.383 e. The van der Waals surface area contributed by atoms with Gasteiger partial charge in [0, 0.05) is 33.8 Å². The second-order valence-electron chi connectivity index (χ2n) is 11.2. The van der Waals surface area contributed by atoms with Gasteiger partial charge in [-0.2, -0.15) is 0 Å². The van der Waals surface area contributed by atoms with Crippen LogP contribution in [0.4, 0.5) is 0 Å². The summed E-state index contributed by atoms with van der Waals surface area (Å²) in [7, 11) is 0. The monoisotopic (exact) mass is 710 g/mol. The van der Waals surface area contributed by atoms with E-state index in [1.54, 1.807) is 18.2 Å². The third-order valence-electron chi connectivity index (χ3n) is 7.13. The molecule has 0 aliphatic carbocycles. The van der Waals surface area contributed by atoms with Crippen molar-refractivity contribution in [2.24, 2.45) is 0 Å². The highest BCUT2D eigenvalue weighted by atomic mass is 16.7. The number of rotatable bonds is 14. The van der Waals surface area contributed by atoms with E-state index >= 15 is 0 Å². The molecule has 4 rings (SSSR count). The molecular formula is C36H38O15. The van der Waals surface area contributed by atoms with E-state index in [1.165, 1.54) is 30.3 Å². The van der Waals surface area contributed by atoms with Crippen LogP contribution in [-0.2, 0) is 42.9 Å². The van der Waals surface area contributed by atoms with Gasteiger partial charge < -0.3 is 42.3 Å². The van der Waals surface area contributed by atoms with Gasteiger partial charge in [0.25, 0.3) is 5.75 Å². The van der Waals surface area contributed by atoms with Crippen molar-refractivity contribution in [3.05, 3.63) is 76.7 Å². The molecule has 272 valence electrons. The lowest BCUT2D eigenvalue weighted by atomic mass is 9.98. The molecule has 1 aliphatic heterocycles. The van der Waals surface area contributed by atoms with Gasteiger partial charge in [-0.25, -0.2) is 9.59 Å². The zero-order valence-corrected chi connectivity index (χ0v) is 28.6. The van der Waals surface area contributed by atoms with Crippen LogP contribution in [0.1, 0.15) is 57.8 Å². The van der Waals surface area contributed by atoms with Crippen LogP contribution in [0.3, 0.4) is 0 Å². The Balaban J connectivity index is 1.74. The minimum absolute atomic E-state index is 0.0115. The largest absolute Gasteiger partial charge is 0.488 e. The third-order valence-corrected chi connectivity index (χ3v) is 7.13. The number of hydrogen-bond donors (Lipinski definition) is 0. The highest BCUT2D eigenvalue weighted by Crippen LogP contribution is 2.37. The summed E-state index contributed by atoms with van der Waals surface area (Å²) in [4.78, 5) is 74.3. The number of hydrogen-bond acceptors (Lipinski definition) is 15. The Bertz CT molecular complexity index is 1810. The molecule has 0 saturated carbocycles. The summed E-state index contributed by atoms with van der Waals surface area (Å²) in [5.41, 5.74) is -0.862. The minimum atomic E-state index is -1.54. The molecule has 1 fully saturated rings. The second kappa shape index (κ2) is 17.8. The second-order valence-corrected chi connectivity index (χ2v) is 11.2. The van der Waals surface area contributed by atoms with E-state index in [0.717, 1.165) is 34.1 Å². The summed E-state index contributed by atoms with van der Waals surface area (Å²) in [6, 6.07) is 12.3. The van der Waals surface area contributed by atoms with Crippen LogP contribution in [-0.4, -0.2) is 73.8 Å². The molecule has 2 aromatic carbocycles. The van der Waals surface area contributed by atoms with Gasteiger partial charge >= 0.3 is 35.5 Å². The summed E-state index contributed by atoms with van der Waals surface area (Å²) in [5.74, 6) is -4.38. The SMILES string of the molecule is CC/C=C/CCOc1c(OC(=O)c2ccccc2)c(=O)oc2cc(O[C@@H]3O[C@H](COC(C)=O)[C@H](OC(C)=O)[C@H](OC(C)=O)[C@H]3OC(C)=O)ccc12. The molecule has 2 heterocycles. The lowest BCUT2D eigenvalue weighted by molar-refractivity contribution is -0.288. The van der Waals surface area contributed by atoms with Gasteiger partial charge in [-0.1, -0.05) is 37.3 Å². The van der Waals surface area contributed by atoms with E-state index in [2.05, 4.69) is 0 Å². The van der Waals surface area contributed by atoms with Crippen molar-refractivity contribution in [1.82, 2.24) is 0 Å². The molecular weight excluding hydrogens is 672 g/mol. The maximum Gasteiger partial charge on any atom is 0.383 e. The summed E-state index contributed by atoms with van der Waals surface area (Å²) >= 11 is 0. The van der Waals surface area contributed by atoms with Crippen LogP contribution in [0.2, 0.25) is 0 Å². The molecule has 1 aromatic heterocycles. The van der Waals surface area contributed by atoms with E-state index in [-0.39, 0.29) is 34.6 Å². The Kier molecular flexibility index (Phi) is 13.3. The number of carbonyl (C=O) groups is 5. The molecule has 3 aromatic rings. The summed E-state index contributed by atoms with van der Waals surface area (Å²) in [6.07, 6.45) is -1.96. The molecule has 0 bridgehead atoms. The molecule has 15 heteroatoms. The third kappa shape index (κ3) is 10.4. The number of ether oxygens (including phenoxy) is 8. The Morgan fingerprint density at radius 2 is 1.45 bits per heavy atom. The predicted octanol–water partition coefficient (Wildman–Crippen LogP) is 4.21. The quantitative estimate of drug-likeness (QED) is 0.0760. The van der Waals surface area contributed by atoms with Gasteiger partial charge in [0.1, 0.15) is 24.0 Å². The van der Waals surface area contributed by atoms with Crippen molar-refractivity contribution >= 4 is 40.8 Å². The molecule has 15 nitrogen and oxygen atoms in total. The number of fused-ring (bicyclic) bond motifs is 1. The van der Waals surface area contributed by atoms with Gasteiger partial charge in [-0.05, 0) is 37.1 Å². The molecule has 0 radical (unpaired) electrons. The van der Waals surface area contributed by atoms with Gasteiger partial charge in [-0.3, -0.25) is 19.2 Å². The Labute approximate surface area is 292 Å². The number of benzene rings is 2. The van der Waals surface area contributed by atoms with Gasteiger partial charge in [0.15, 0.2) is 18.0 Å². The van der Waals surface area contributed by atoms with Crippen LogP contribution >= 0.6 is 0 Å². The first-order chi connectivity index (χ1) is 24.4. The fourth-order valence-corrected chi connectivity index (χ4v) is 5.10. The molecule has 0 spiro atoms. The zero-order valence-electron chi connectivity index (χ0n) is 28.6. The standard InChI is InChI=1S/C36H38O15/c1-6-7-8-12-17-43-29-26-16-15-25(18-27(26)49-35(42)32(29)51-34(41)24-13-10-9-11-14-24)48-36-33(47-23(5)40)31(46-22(4)39)30(45-21(3)38)28(50-36)19-44-20(2)37/h7-11,13-16,18,28,30-31,33,36H,6,12,17,19H2,1-5H3/b8-7+/t28-,30+,31+,33-,36-/m1/s1. The van der Waals surface area contributed by atoms with Crippen LogP contribution < -0.4 is 19.8 Å². The van der Waals surface area contributed by atoms with Crippen molar-refractivity contribution in [2.45, 2.75) is 78.2 Å². The van der Waals surface area contributed by atoms with Crippen LogP contribution in [0.15, 0.2) is 69.9 Å². The van der Waals surface area contributed by atoms with Crippen molar-refractivity contribution in [3.63, 3.8) is 0 Å². The Morgan fingerprint density at radius 3 is 2.10 bits per heavy atom. The van der Waals surface area contributed by atoms with Crippen LogP contribution in [0.25, 0.3) is 11.0 Å². The molecule has 0 amide bonds. The Hall–Kier alpha value is -5.70. The topological polar surface area (TPSA) is 189 Å². The fraction of sp³-hybridized carbons (Fsp3) is 0.389. The zero-order chi connectivity index (χ0) is 37.1. The summed E-state index contributed by atoms with van der Waals surface area (Å²) in [5, 5.41) is 0.249. The van der Waals surface area contributed by atoms with Gasteiger partial charge in [0.2, 0.25) is 12.4 Å². The molecule has 0 unspecified atom stereocenters. The lowest BCUT2D eigenvalue weighted by Crippen LogP contribution is -2.63. The van der Waals surface area contributed by atoms with Gasteiger partial charge in [0.05, 0.1) is 17.6 Å². The molecule has 5 atom stereocenters. The molecule has 1 aliphatic rings. The van der Waals surface area contributed by atoms with E-state index < -0.39 is 78.5 Å². The average Bonchev–Trinajstić information content (AvgIpc) is 3.07. The van der Waals surface area contributed by atoms with Crippen molar-refractivity contribution in [3.8, 4) is 17.2 Å². The van der Waals surface area contributed by atoms with Gasteiger partial charge in [-0.15, -0.1) is 0 Å². The van der Waals surface area contributed by atoms with E-state index in [4.69, 9.17) is 42.3 Å². The number of allylic oxidation sites excluding steroid dienone is 1. The minimum Gasteiger partial charge on any atom is -0.488 e. The summed E-state index contributed by atoms with van der Waals surface area (Å²) < 4.78 is 50.5. The van der Waals surface area contributed by atoms with Crippen molar-refractivity contribution in [1.29, 1.82) is 0 Å². The van der Waals surface area contributed by atoms with E-state index in [9.17, 15) is 28.8 Å². The maximum absolute atomic E-state index is 13.3. The number of esters is 5. The van der Waals surface area contributed by atoms with Crippen molar-refractivity contribution < 1.29 is 66.3 Å². The van der Waals surface area contributed by atoms with Crippen LogP contribution in [0.5, 0.6) is 17.2 Å². The Morgan fingerprint density at radius 1 is 0.784 bits per heavy atom. The first-order valence-electron chi connectivity index (χ1n) is 16.0. The van der Waals surface area contributed by atoms with E-state index in [0.29, 0.717) is 6.42 Å². The fourth-order valence-electron chi connectivity index (χ4n) is 5.10. The summed E-state index contributed by atoms with van der Waals surface area (Å²) in [6.45, 7) is 6.11. The number of carbonyl (C=O) groups excluding carboxylic acids is 5. The molecule has 0 N–H and O–H groups in total. The maximum atomic E-state index is 13.3. The first-order valence-corrected chi connectivity index (χ1v) is 16.0.